The third kappa shape index (κ3) is 22.3. The van der Waals surface area contributed by atoms with Crippen LogP contribution in [0, 0.1) is 0 Å². The molecule has 0 atom stereocenters. The third-order valence-electron chi connectivity index (χ3n) is 4.49. The molecule has 0 rings (SSSR count). The molecule has 0 N–H and O–H groups in total. The fourth-order valence-corrected chi connectivity index (χ4v) is 3.49. The van der Waals surface area contributed by atoms with Crippen molar-refractivity contribution < 1.29 is 4.74 Å². The topological polar surface area (TPSA) is 9.23 Å². The van der Waals surface area contributed by atoms with Gasteiger partial charge < -0.3 is 4.74 Å². The van der Waals surface area contributed by atoms with Gasteiger partial charge in [0.1, 0.15) is 0 Å². The summed E-state index contributed by atoms with van der Waals surface area (Å²) in [5, 5.41) is 0. The molecule has 0 aromatic rings. The zero-order chi connectivity index (χ0) is 16.8. The molecule has 0 aliphatic heterocycles. The maximum absolute atomic E-state index is 5.51. The molecular weight excluding hydrogens is 300 g/mol. The summed E-state index contributed by atoms with van der Waals surface area (Å²) in [5.74, 6) is 1.35. The van der Waals surface area contributed by atoms with Gasteiger partial charge in [0, 0.05) is 13.2 Å². The van der Waals surface area contributed by atoms with Crippen molar-refractivity contribution in [2.24, 2.45) is 0 Å². The molecule has 0 fully saturated rings. The molecule has 0 heterocycles. The summed E-state index contributed by atoms with van der Waals surface area (Å²) >= 11 is 1.99. The van der Waals surface area contributed by atoms with E-state index in [4.69, 9.17) is 4.74 Å². The Labute approximate surface area is 151 Å². The SMILES string of the molecule is CCCOCCCCCCCCCCCCCCCCCSC. The highest BCUT2D eigenvalue weighted by molar-refractivity contribution is 7.98. The maximum Gasteiger partial charge on any atom is 0.0466 e. The van der Waals surface area contributed by atoms with Gasteiger partial charge in [0.05, 0.1) is 0 Å². The Morgan fingerprint density at radius 3 is 1.30 bits per heavy atom. The lowest BCUT2D eigenvalue weighted by Gasteiger charge is -2.04. The standard InChI is InChI=1S/C21H44OS/c1-3-19-22-20-17-15-13-11-9-7-5-4-6-8-10-12-14-16-18-21-23-2/h3-21H2,1-2H3. The molecule has 0 radical (unpaired) electrons. The highest BCUT2D eigenvalue weighted by Crippen LogP contribution is 2.13. The summed E-state index contributed by atoms with van der Waals surface area (Å²) in [4.78, 5) is 0. The van der Waals surface area contributed by atoms with Gasteiger partial charge in [-0.1, -0.05) is 90.4 Å². The summed E-state index contributed by atoms with van der Waals surface area (Å²) in [6.07, 6.45) is 24.9. The second-order valence-corrected chi connectivity index (χ2v) is 7.89. The van der Waals surface area contributed by atoms with Gasteiger partial charge in [0.15, 0.2) is 0 Å². The molecule has 0 spiro atoms. The number of rotatable bonds is 20. The third-order valence-corrected chi connectivity index (χ3v) is 5.18. The van der Waals surface area contributed by atoms with Gasteiger partial charge in [-0.25, -0.2) is 0 Å². The average molecular weight is 345 g/mol. The van der Waals surface area contributed by atoms with Gasteiger partial charge in [0.2, 0.25) is 0 Å². The molecule has 1 nitrogen and oxygen atoms in total. The zero-order valence-electron chi connectivity index (χ0n) is 16.3. The van der Waals surface area contributed by atoms with E-state index < -0.39 is 0 Å². The first kappa shape index (κ1) is 23.3. The van der Waals surface area contributed by atoms with Crippen molar-refractivity contribution in [2.45, 2.75) is 110 Å². The number of thioether (sulfide) groups is 1. The fourth-order valence-electron chi connectivity index (χ4n) is 3.00. The minimum absolute atomic E-state index is 0.942. The number of ether oxygens (including phenoxy) is 1. The molecule has 0 unspecified atom stereocenters. The van der Waals surface area contributed by atoms with Crippen LogP contribution in [0.2, 0.25) is 0 Å². The Morgan fingerprint density at radius 2 is 0.913 bits per heavy atom. The Kier molecular flexibility index (Phi) is 22.6. The summed E-state index contributed by atoms with van der Waals surface area (Å²) in [6.45, 7) is 4.09. The van der Waals surface area contributed by atoms with E-state index in [1.807, 2.05) is 11.8 Å². The van der Waals surface area contributed by atoms with Gasteiger partial charge >= 0.3 is 0 Å². The molecule has 0 aliphatic carbocycles. The van der Waals surface area contributed by atoms with Crippen LogP contribution in [-0.2, 0) is 4.74 Å². The van der Waals surface area contributed by atoms with E-state index in [0.29, 0.717) is 0 Å². The number of unbranched alkanes of at least 4 members (excludes halogenated alkanes) is 14. The maximum atomic E-state index is 5.51. The van der Waals surface area contributed by atoms with E-state index in [-0.39, 0.29) is 0 Å². The van der Waals surface area contributed by atoms with Gasteiger partial charge in [0.25, 0.3) is 0 Å². The zero-order valence-corrected chi connectivity index (χ0v) is 17.1. The van der Waals surface area contributed by atoms with Crippen LogP contribution in [0.25, 0.3) is 0 Å². The predicted molar refractivity (Wildman–Crippen MR) is 109 cm³/mol. The molecule has 0 saturated heterocycles. The Balaban J connectivity index is 2.92. The molecule has 0 aromatic heterocycles. The Hall–Kier alpha value is 0.310. The Bertz CT molecular complexity index is 176. The monoisotopic (exact) mass is 344 g/mol. The molecule has 0 amide bonds. The molecule has 2 heteroatoms. The minimum Gasteiger partial charge on any atom is -0.381 e. The fraction of sp³-hybridized carbons (Fsp3) is 1.00. The first-order chi connectivity index (χ1) is 11.4. The van der Waals surface area contributed by atoms with Gasteiger partial charge in [-0.3, -0.25) is 0 Å². The first-order valence-electron chi connectivity index (χ1n) is 10.5. The second kappa shape index (κ2) is 22.3. The van der Waals surface area contributed by atoms with Crippen LogP contribution in [0.5, 0.6) is 0 Å². The van der Waals surface area contributed by atoms with E-state index in [9.17, 15) is 0 Å². The van der Waals surface area contributed by atoms with Gasteiger partial charge in [-0.15, -0.1) is 0 Å². The van der Waals surface area contributed by atoms with E-state index in [1.165, 1.54) is 102 Å². The van der Waals surface area contributed by atoms with Crippen molar-refractivity contribution in [3.63, 3.8) is 0 Å². The quantitative estimate of drug-likeness (QED) is 0.210. The predicted octanol–water partition coefficient (Wildman–Crippen LogP) is 7.63. The number of hydrogen-bond acceptors (Lipinski definition) is 2. The summed E-state index contributed by atoms with van der Waals surface area (Å²) in [6, 6.07) is 0. The smallest absolute Gasteiger partial charge is 0.0466 e. The van der Waals surface area contributed by atoms with Crippen LogP contribution in [-0.4, -0.2) is 25.2 Å². The van der Waals surface area contributed by atoms with Crippen molar-refractivity contribution in [1.29, 1.82) is 0 Å². The van der Waals surface area contributed by atoms with Crippen LogP contribution in [0.3, 0.4) is 0 Å². The summed E-state index contributed by atoms with van der Waals surface area (Å²) < 4.78 is 5.51. The second-order valence-electron chi connectivity index (χ2n) is 6.91. The van der Waals surface area contributed by atoms with Crippen LogP contribution in [0.4, 0.5) is 0 Å². The van der Waals surface area contributed by atoms with E-state index in [2.05, 4.69) is 13.2 Å². The number of hydrogen-bond donors (Lipinski definition) is 0. The van der Waals surface area contributed by atoms with E-state index in [1.54, 1.807) is 0 Å². The normalized spacial score (nSPS) is 11.2. The lowest BCUT2D eigenvalue weighted by Crippen LogP contribution is -1.95. The van der Waals surface area contributed by atoms with E-state index >= 15 is 0 Å². The lowest BCUT2D eigenvalue weighted by atomic mass is 10.0. The average Bonchev–Trinajstić information content (AvgIpc) is 2.57. The molecule has 140 valence electrons. The van der Waals surface area contributed by atoms with Crippen molar-refractivity contribution in [3.05, 3.63) is 0 Å². The highest BCUT2D eigenvalue weighted by atomic mass is 32.2. The van der Waals surface area contributed by atoms with Crippen LogP contribution < -0.4 is 0 Å². The van der Waals surface area contributed by atoms with Crippen LogP contribution >= 0.6 is 11.8 Å². The summed E-state index contributed by atoms with van der Waals surface area (Å²) in [7, 11) is 0. The molecule has 0 bridgehead atoms. The molecule has 0 aliphatic rings. The highest BCUT2D eigenvalue weighted by Gasteiger charge is 1.95. The minimum atomic E-state index is 0.942. The van der Waals surface area contributed by atoms with Crippen molar-refractivity contribution in [3.8, 4) is 0 Å². The van der Waals surface area contributed by atoms with Gasteiger partial charge in [-0.2, -0.15) is 11.8 Å². The summed E-state index contributed by atoms with van der Waals surface area (Å²) in [5.41, 5.74) is 0. The van der Waals surface area contributed by atoms with Crippen molar-refractivity contribution >= 4 is 11.8 Å². The molecule has 0 saturated carbocycles. The Morgan fingerprint density at radius 1 is 0.522 bits per heavy atom. The molecular formula is C21H44OS. The first-order valence-corrected chi connectivity index (χ1v) is 11.9. The largest absolute Gasteiger partial charge is 0.381 e. The molecule has 23 heavy (non-hydrogen) atoms. The molecule has 0 aromatic carbocycles. The van der Waals surface area contributed by atoms with Crippen LogP contribution in [0.15, 0.2) is 0 Å². The van der Waals surface area contributed by atoms with Gasteiger partial charge in [-0.05, 0) is 31.3 Å². The van der Waals surface area contributed by atoms with E-state index in [0.717, 1.165) is 19.6 Å². The van der Waals surface area contributed by atoms with Crippen molar-refractivity contribution in [2.75, 3.05) is 25.2 Å². The van der Waals surface area contributed by atoms with Crippen molar-refractivity contribution in [1.82, 2.24) is 0 Å². The van der Waals surface area contributed by atoms with Crippen LogP contribution in [0.1, 0.15) is 110 Å². The lowest BCUT2D eigenvalue weighted by molar-refractivity contribution is 0.130.